The van der Waals surface area contributed by atoms with Crippen LogP contribution in [0.1, 0.15) is 52.1 Å². The lowest BCUT2D eigenvalue weighted by Crippen LogP contribution is -2.40. The van der Waals surface area contributed by atoms with Crippen LogP contribution >= 0.6 is 0 Å². The van der Waals surface area contributed by atoms with Crippen molar-refractivity contribution in [2.75, 3.05) is 6.54 Å². The van der Waals surface area contributed by atoms with Crippen LogP contribution in [0.25, 0.3) is 0 Å². The minimum absolute atomic E-state index is 0.00741. The summed E-state index contributed by atoms with van der Waals surface area (Å²) in [5.74, 6) is -0.00143. The number of Topliss-reactive ketones (excluding diaryl/α,β-unsaturated/α-hetero) is 1. The third kappa shape index (κ3) is 2.90. The van der Waals surface area contributed by atoms with Gasteiger partial charge in [0.2, 0.25) is 0 Å². The van der Waals surface area contributed by atoms with Gasteiger partial charge in [-0.2, -0.15) is 0 Å². The van der Waals surface area contributed by atoms with Crippen molar-refractivity contribution < 1.29 is 9.59 Å². The topological polar surface area (TPSA) is 105 Å². The van der Waals surface area contributed by atoms with Crippen LogP contribution in [0.2, 0.25) is 0 Å². The average molecular weight is 289 g/mol. The Kier molecular flexibility index (Phi) is 3.63. The van der Waals surface area contributed by atoms with E-state index in [0.29, 0.717) is 36.6 Å². The number of nitrogens with one attached hydrogen (secondary N) is 2. The van der Waals surface area contributed by atoms with Gasteiger partial charge in [-0.3, -0.25) is 14.4 Å². The van der Waals surface area contributed by atoms with E-state index in [9.17, 15) is 14.4 Å². The molecule has 1 heterocycles. The maximum atomic E-state index is 12.1. The molecule has 1 amide bonds. The zero-order valence-corrected chi connectivity index (χ0v) is 11.8. The highest BCUT2D eigenvalue weighted by Crippen LogP contribution is 2.31. The SMILES string of the molecule is NC(CNC(=O)c1cc2c([nH]c1=O)CCCC2=O)C1CC1. The Balaban J connectivity index is 1.77. The molecule has 2 aliphatic rings. The van der Waals surface area contributed by atoms with Gasteiger partial charge in [-0.15, -0.1) is 0 Å². The van der Waals surface area contributed by atoms with Crippen LogP contribution in [0.15, 0.2) is 10.9 Å². The highest BCUT2D eigenvalue weighted by Gasteiger charge is 2.29. The lowest BCUT2D eigenvalue weighted by atomic mass is 9.93. The first-order valence-electron chi connectivity index (χ1n) is 7.39. The molecule has 4 N–H and O–H groups in total. The summed E-state index contributed by atoms with van der Waals surface area (Å²) in [6, 6.07) is 1.36. The fraction of sp³-hybridized carbons (Fsp3) is 0.533. The molecule has 0 aliphatic heterocycles. The van der Waals surface area contributed by atoms with Crippen molar-refractivity contribution in [1.82, 2.24) is 10.3 Å². The van der Waals surface area contributed by atoms with Gasteiger partial charge in [0, 0.05) is 30.3 Å². The Bertz CT molecular complexity index is 646. The molecule has 6 heteroatoms. The zero-order chi connectivity index (χ0) is 15.0. The lowest BCUT2D eigenvalue weighted by molar-refractivity contribution is 0.0948. The van der Waals surface area contributed by atoms with E-state index in [4.69, 9.17) is 5.73 Å². The minimum Gasteiger partial charge on any atom is -0.350 e. The number of fused-ring (bicyclic) bond motifs is 1. The monoisotopic (exact) mass is 289 g/mol. The first-order chi connectivity index (χ1) is 10.1. The number of aromatic amines is 1. The van der Waals surface area contributed by atoms with Crippen LogP contribution < -0.4 is 16.6 Å². The van der Waals surface area contributed by atoms with E-state index in [1.54, 1.807) is 0 Å². The predicted molar refractivity (Wildman–Crippen MR) is 77.4 cm³/mol. The molecule has 3 rings (SSSR count). The summed E-state index contributed by atoms with van der Waals surface area (Å²) in [5.41, 5.74) is 6.58. The third-order valence-electron chi connectivity index (χ3n) is 4.22. The fourth-order valence-corrected chi connectivity index (χ4v) is 2.74. The quantitative estimate of drug-likeness (QED) is 0.744. The lowest BCUT2D eigenvalue weighted by Gasteiger charge is -2.15. The van der Waals surface area contributed by atoms with Gasteiger partial charge < -0.3 is 16.0 Å². The average Bonchev–Trinajstić information content (AvgIpc) is 3.28. The Morgan fingerprint density at radius 1 is 1.38 bits per heavy atom. The molecule has 112 valence electrons. The van der Waals surface area contributed by atoms with Crippen molar-refractivity contribution >= 4 is 11.7 Å². The van der Waals surface area contributed by atoms with Gasteiger partial charge in [0.25, 0.3) is 11.5 Å². The summed E-state index contributed by atoms with van der Waals surface area (Å²) in [4.78, 5) is 38.6. The number of nitrogens with two attached hydrogens (primary N) is 1. The number of amides is 1. The van der Waals surface area contributed by atoms with Gasteiger partial charge in [-0.25, -0.2) is 0 Å². The molecule has 21 heavy (non-hydrogen) atoms. The number of H-pyrrole nitrogens is 1. The number of aryl methyl sites for hydroxylation is 1. The summed E-state index contributed by atoms with van der Waals surface area (Å²) in [7, 11) is 0. The first-order valence-corrected chi connectivity index (χ1v) is 7.39. The molecular formula is C15H19N3O3. The predicted octanol–water partition coefficient (Wildman–Crippen LogP) is 0.361. The largest absolute Gasteiger partial charge is 0.350 e. The van der Waals surface area contributed by atoms with E-state index in [1.807, 2.05) is 0 Å². The standard InChI is InChI=1S/C15H19N3O3/c16-11(8-4-5-8)7-17-14(20)10-6-9-12(18-15(10)21)2-1-3-13(9)19/h6,8,11H,1-5,7,16H2,(H,17,20)(H,18,21). The molecule has 2 aliphatic carbocycles. The molecule has 0 bridgehead atoms. The summed E-state index contributed by atoms with van der Waals surface area (Å²) >= 11 is 0. The number of pyridine rings is 1. The minimum atomic E-state index is -0.464. The number of aromatic nitrogens is 1. The van der Waals surface area contributed by atoms with Gasteiger partial charge in [-0.05, 0) is 37.7 Å². The number of carbonyl (C=O) groups is 2. The van der Waals surface area contributed by atoms with E-state index in [2.05, 4.69) is 10.3 Å². The second kappa shape index (κ2) is 5.44. The van der Waals surface area contributed by atoms with Crippen molar-refractivity contribution in [2.24, 2.45) is 11.7 Å². The number of carbonyl (C=O) groups excluding carboxylic acids is 2. The Labute approximate surface area is 122 Å². The Morgan fingerprint density at radius 3 is 2.86 bits per heavy atom. The van der Waals surface area contributed by atoms with Gasteiger partial charge in [-0.1, -0.05) is 0 Å². The van der Waals surface area contributed by atoms with Gasteiger partial charge in [0.1, 0.15) is 5.56 Å². The molecule has 6 nitrogen and oxygen atoms in total. The molecule has 1 aromatic rings. The number of rotatable bonds is 4. The molecule has 1 atom stereocenters. The van der Waals surface area contributed by atoms with Crippen molar-refractivity contribution in [3.63, 3.8) is 0 Å². The molecule has 1 fully saturated rings. The van der Waals surface area contributed by atoms with Crippen molar-refractivity contribution in [3.05, 3.63) is 33.2 Å². The third-order valence-corrected chi connectivity index (χ3v) is 4.22. The second-order valence-corrected chi connectivity index (χ2v) is 5.89. The van der Waals surface area contributed by atoms with Gasteiger partial charge >= 0.3 is 0 Å². The molecular weight excluding hydrogens is 270 g/mol. The molecule has 0 aromatic carbocycles. The van der Waals surface area contributed by atoms with E-state index < -0.39 is 11.5 Å². The van der Waals surface area contributed by atoms with Crippen LogP contribution in [0.4, 0.5) is 0 Å². The normalized spacial score (nSPS) is 19.0. The fourth-order valence-electron chi connectivity index (χ4n) is 2.74. The molecule has 1 unspecified atom stereocenters. The highest BCUT2D eigenvalue weighted by molar-refractivity contribution is 6.01. The molecule has 0 radical (unpaired) electrons. The van der Waals surface area contributed by atoms with E-state index in [0.717, 1.165) is 19.3 Å². The van der Waals surface area contributed by atoms with E-state index in [-0.39, 0.29) is 17.4 Å². The maximum Gasteiger partial charge on any atom is 0.261 e. The second-order valence-electron chi connectivity index (χ2n) is 5.89. The number of ketones is 1. The molecule has 0 saturated heterocycles. The molecule has 1 aromatic heterocycles. The highest BCUT2D eigenvalue weighted by atomic mass is 16.2. The van der Waals surface area contributed by atoms with Gasteiger partial charge in [0.05, 0.1) is 0 Å². The zero-order valence-electron chi connectivity index (χ0n) is 11.8. The Morgan fingerprint density at radius 2 is 2.14 bits per heavy atom. The summed E-state index contributed by atoms with van der Waals surface area (Å²) in [5, 5.41) is 2.69. The van der Waals surface area contributed by atoms with Crippen LogP contribution in [0, 0.1) is 5.92 Å². The van der Waals surface area contributed by atoms with E-state index in [1.165, 1.54) is 6.07 Å². The maximum absolute atomic E-state index is 12.1. The smallest absolute Gasteiger partial charge is 0.261 e. The van der Waals surface area contributed by atoms with Crippen LogP contribution in [0.3, 0.4) is 0 Å². The van der Waals surface area contributed by atoms with Crippen molar-refractivity contribution in [1.29, 1.82) is 0 Å². The summed E-state index contributed by atoms with van der Waals surface area (Å²) in [6.07, 6.45) is 4.08. The Hall–Kier alpha value is -1.95. The van der Waals surface area contributed by atoms with Crippen molar-refractivity contribution in [3.8, 4) is 0 Å². The van der Waals surface area contributed by atoms with Crippen LogP contribution in [-0.4, -0.2) is 29.3 Å². The number of hydrogen-bond acceptors (Lipinski definition) is 4. The first kappa shape index (κ1) is 14.0. The molecule has 1 saturated carbocycles. The van der Waals surface area contributed by atoms with Crippen LogP contribution in [0.5, 0.6) is 0 Å². The van der Waals surface area contributed by atoms with E-state index >= 15 is 0 Å². The van der Waals surface area contributed by atoms with Gasteiger partial charge in [0.15, 0.2) is 5.78 Å². The molecule has 0 spiro atoms. The summed E-state index contributed by atoms with van der Waals surface area (Å²) in [6.45, 7) is 0.355. The summed E-state index contributed by atoms with van der Waals surface area (Å²) < 4.78 is 0. The number of hydrogen-bond donors (Lipinski definition) is 3. The van der Waals surface area contributed by atoms with Crippen molar-refractivity contribution in [2.45, 2.75) is 38.1 Å². The van der Waals surface area contributed by atoms with Crippen LogP contribution in [-0.2, 0) is 6.42 Å².